The van der Waals surface area contributed by atoms with E-state index in [4.69, 9.17) is 30.4 Å². The fraction of sp³-hybridized carbons (Fsp3) is 0.575. The second-order valence-corrected chi connectivity index (χ2v) is 33.1. The summed E-state index contributed by atoms with van der Waals surface area (Å²) in [6.07, 6.45) is 15.4. The Morgan fingerprint density at radius 2 is 1.12 bits per heavy atom. The van der Waals surface area contributed by atoms with Gasteiger partial charge in [-0.3, -0.25) is 43.2 Å². The fourth-order valence-electron chi connectivity index (χ4n) is 16.4. The average molecular weight is 1580 g/mol. The number of nitrogens with one attached hydrogen (secondary N) is 2. The zero-order chi connectivity index (χ0) is 80.4. The summed E-state index contributed by atoms with van der Waals surface area (Å²) in [5.41, 5.74) is 21.7. The van der Waals surface area contributed by atoms with Crippen LogP contribution in [0, 0.1) is 55.3 Å². The van der Waals surface area contributed by atoms with Crippen molar-refractivity contribution in [2.24, 2.45) is 52.9 Å². The molecular weight excluding hydrogens is 1460 g/mol. The number of carboxylic acids is 1. The van der Waals surface area contributed by atoms with Crippen molar-refractivity contribution in [1.82, 2.24) is 19.8 Å². The molecule has 9 atom stereocenters. The van der Waals surface area contributed by atoms with E-state index in [1.165, 1.54) is 23.9 Å². The molecule has 22 nitrogen and oxygen atoms in total. The number of carboxylic acid groups (broad SMARTS) is 1. The summed E-state index contributed by atoms with van der Waals surface area (Å²) in [6.45, 7) is 36.6. The van der Waals surface area contributed by atoms with Crippen LogP contribution < -0.4 is 49.8 Å². The molecule has 7 aliphatic rings. The van der Waals surface area contributed by atoms with Gasteiger partial charge in [0, 0.05) is 74.5 Å². The third-order valence-corrected chi connectivity index (χ3v) is 21.2. The number of hydrogen-bond acceptors (Lipinski definition) is 17. The number of Topliss-reactive ketones (excluding diaryl/α,β-unsaturated/α-hetero) is 4. The van der Waals surface area contributed by atoms with Crippen LogP contribution in [-0.2, 0) is 71.5 Å². The van der Waals surface area contributed by atoms with Crippen LogP contribution in [0.15, 0.2) is 72.1 Å². The number of nitrogens with zero attached hydrogens (tertiary/aromatic N) is 4. The van der Waals surface area contributed by atoms with Crippen LogP contribution in [-0.4, -0.2) is 137 Å². The highest BCUT2D eigenvalue weighted by Crippen LogP contribution is 2.56. The van der Waals surface area contributed by atoms with Gasteiger partial charge in [-0.05, 0) is 189 Å². The van der Waals surface area contributed by atoms with E-state index in [9.17, 15) is 48.3 Å². The Hall–Kier alpha value is -8.09. The Morgan fingerprint density at radius 3 is 1.59 bits per heavy atom. The van der Waals surface area contributed by atoms with Crippen molar-refractivity contribution in [3.63, 3.8) is 0 Å². The van der Waals surface area contributed by atoms with E-state index in [0.29, 0.717) is 73.5 Å². The molecule has 2 aromatic carbocycles. The number of rotatable bonds is 32. The molecule has 0 saturated heterocycles. The molecule has 2 aromatic heterocycles. The molecular formula is C87H122BrN8O14+. The molecule has 0 amide bonds. The number of halogens is 1. The summed E-state index contributed by atoms with van der Waals surface area (Å²) in [7, 11) is 1.31. The fourth-order valence-corrected chi connectivity index (χ4v) is 16.4. The number of hydrogen-bond donors (Lipinski definition) is 5. The summed E-state index contributed by atoms with van der Waals surface area (Å²) in [4.78, 5) is 113. The van der Waals surface area contributed by atoms with E-state index in [2.05, 4.69) is 92.2 Å². The highest BCUT2D eigenvalue weighted by molar-refractivity contribution is 6.34. The zero-order valence-electron chi connectivity index (χ0n) is 68.3. The molecule has 600 valence electrons. The highest BCUT2D eigenvalue weighted by atomic mass is 79.9. The van der Waals surface area contributed by atoms with Crippen molar-refractivity contribution in [3.8, 4) is 0 Å². The maximum atomic E-state index is 14.5. The van der Waals surface area contributed by atoms with Gasteiger partial charge in [0.2, 0.25) is 5.71 Å². The summed E-state index contributed by atoms with van der Waals surface area (Å²) in [6, 6.07) is 19.9. The van der Waals surface area contributed by atoms with Crippen LogP contribution in [0.4, 0.5) is 0 Å². The molecule has 0 bridgehead atoms. The van der Waals surface area contributed by atoms with Crippen molar-refractivity contribution in [3.05, 3.63) is 128 Å². The monoisotopic (exact) mass is 1580 g/mol. The Labute approximate surface area is 660 Å². The molecule has 1 unspecified atom stereocenters. The Kier molecular flexibility index (Phi) is 30.7. The number of ether oxygens (including phenoxy) is 4. The van der Waals surface area contributed by atoms with Crippen molar-refractivity contribution >= 4 is 88.2 Å². The lowest BCUT2D eigenvalue weighted by Crippen LogP contribution is -3.00. The maximum Gasteiger partial charge on any atom is 0.552 e. The van der Waals surface area contributed by atoms with Gasteiger partial charge >= 0.3 is 35.8 Å². The average Bonchev–Trinajstić information content (AvgIpc) is 1.44. The number of benzene rings is 2. The second kappa shape index (κ2) is 38.0. The van der Waals surface area contributed by atoms with E-state index < -0.39 is 46.6 Å². The number of aromatic nitrogens is 2. The number of allylic oxidation sites excluding steroid dienone is 2. The number of methoxy groups -OCH3 is 1. The normalized spacial score (nSPS) is 19.9. The number of fused-ring (bicyclic) bond motifs is 1. The number of nitrogens with two attached hydrogens (primary N) is 2. The minimum atomic E-state index is -1.14. The lowest BCUT2D eigenvalue weighted by Gasteiger charge is -2.39. The van der Waals surface area contributed by atoms with Crippen LogP contribution in [0.2, 0.25) is 0 Å². The third-order valence-electron chi connectivity index (χ3n) is 21.2. The van der Waals surface area contributed by atoms with E-state index in [1.54, 1.807) is 6.92 Å². The molecule has 0 saturated carbocycles. The topological polar surface area (TPSA) is 303 Å². The Morgan fingerprint density at radius 1 is 0.636 bits per heavy atom. The molecule has 11 rings (SSSR count). The predicted molar refractivity (Wildman–Crippen MR) is 422 cm³/mol. The number of carbonyl (C=O) groups is 9. The molecule has 7 N–H and O–H groups in total. The van der Waals surface area contributed by atoms with E-state index in [-0.39, 0.29) is 106 Å². The van der Waals surface area contributed by atoms with Crippen molar-refractivity contribution in [2.45, 2.75) is 256 Å². The van der Waals surface area contributed by atoms with E-state index in [0.717, 1.165) is 110 Å². The summed E-state index contributed by atoms with van der Waals surface area (Å²) in [5.74, 6) is -5.25. The van der Waals surface area contributed by atoms with Gasteiger partial charge in [-0.15, -0.1) is 0 Å². The van der Waals surface area contributed by atoms with Crippen LogP contribution in [0.25, 0.3) is 23.8 Å². The lowest BCUT2D eigenvalue weighted by atomic mass is 9.81. The van der Waals surface area contributed by atoms with Crippen LogP contribution in [0.1, 0.15) is 255 Å². The first kappa shape index (κ1) is 89.1. The van der Waals surface area contributed by atoms with Gasteiger partial charge in [0.05, 0.1) is 70.3 Å². The molecule has 8 heterocycles. The van der Waals surface area contributed by atoms with E-state index >= 15 is 0 Å². The molecule has 23 heteroatoms. The molecule has 0 fully saturated rings. The molecule has 6 aliphatic heterocycles. The standard InChI is InChI=1S/C36H35N4O6.C21H33NO3.C16H26N2O2.C14H27NO3.BrH/c1-8-19-14(2)21-13-26-28(18(6)41)16(4)23-11-22-15(3)20(9-10-27(42)43)32-30-31(35(45)46-7)34(44)29-17(5)24-12-25(19)37(21)36(38(23)26,39(22)32)40(24)33(29)30;1-5-10-19(23)15-18(20(24)25-21(2,3)4)13-9-14-22-16-17-11-7-6-8-12-17;1-16(2,3)20-15(19)14(17)10-7-11-18-12-13-8-5-4-6-9-13;1-5-7-12(16)10-11(8-6-9-15)13(17)18-14(2,3)4;/h11-15,19-20,31H,8-10H2,1-7H3;6-8,11-12,18,22H,5,9-10,13-16H2,1-4H3;4-6,8-9,14,18H,7,10-12,17H2,1-3H3;11H,5-10,15H2,1-4H3;1H/q+1;;;;/t14-,15+,19-,20+,31?,36-;18-;14-;11-;/m1101./s1. The van der Waals surface area contributed by atoms with Crippen LogP contribution in [0.3, 0.4) is 0 Å². The molecule has 1 aliphatic carbocycles. The largest absolute Gasteiger partial charge is 1.00 e. The minimum Gasteiger partial charge on any atom is -1.00 e. The van der Waals surface area contributed by atoms with Gasteiger partial charge in [-0.1, -0.05) is 104 Å². The first-order valence-electron chi connectivity index (χ1n) is 39.5. The van der Waals surface area contributed by atoms with Crippen molar-refractivity contribution < 1.29 is 93.3 Å². The summed E-state index contributed by atoms with van der Waals surface area (Å²) in [5, 5.41) is 18.2. The number of ketones is 4. The van der Waals surface area contributed by atoms with Gasteiger partial charge < -0.3 is 63.1 Å². The van der Waals surface area contributed by atoms with Gasteiger partial charge in [-0.25, -0.2) is 0 Å². The number of carbonyl (C=O) groups excluding carboxylic acids is 8. The smallest absolute Gasteiger partial charge is 0.552 e. The van der Waals surface area contributed by atoms with Gasteiger partial charge in [0.1, 0.15) is 34.4 Å². The van der Waals surface area contributed by atoms with Gasteiger partial charge in [0.15, 0.2) is 34.6 Å². The number of aliphatic carboxylic acids is 1. The Bertz CT molecular complexity index is 4350. The molecule has 1 spiro atoms. The molecule has 4 aromatic rings. The minimum absolute atomic E-state index is 0. The first-order chi connectivity index (χ1) is 51.4. The second-order valence-electron chi connectivity index (χ2n) is 33.1. The summed E-state index contributed by atoms with van der Waals surface area (Å²) < 4.78 is 30.6. The quantitative estimate of drug-likeness (QED) is 0.00764. The van der Waals surface area contributed by atoms with Crippen molar-refractivity contribution in [2.75, 3.05) is 26.7 Å². The molecule has 0 radical (unpaired) electrons. The SMILES string of the molecule is CC(C)(C)OC(=O)[C@@H](N)CCCNCc1ccccc1.CCCC(=O)C[C@@H](CCCN)C(=O)OC(C)(C)C.CCCC(=O)C[C@@H](CCCNCc1ccccc1)C(=O)OC(C)(C)C.CC[C@H]1C2=[N+]3C(=Cc4c(C(C)=O)c(C)c5n4[C@]34n3c(c(C)c6c3=C(C3=[N+]4C(=C5)[C@@H](C)[C@@H]3CCC(=O)O)C(C(=O)OC)C6=O)=C2)[C@@H]1C.[Br-]. The zero-order valence-corrected chi connectivity index (χ0v) is 69.9. The van der Waals surface area contributed by atoms with Gasteiger partial charge in [-0.2, -0.15) is 9.13 Å². The lowest BCUT2D eigenvalue weighted by molar-refractivity contribution is -0.837. The maximum absolute atomic E-state index is 14.5. The van der Waals surface area contributed by atoms with E-state index in [1.807, 2.05) is 126 Å². The third kappa shape index (κ3) is 19.8. The Balaban J connectivity index is 0.000000224. The van der Waals surface area contributed by atoms with Crippen molar-refractivity contribution in [1.29, 1.82) is 0 Å². The van der Waals surface area contributed by atoms with Crippen LogP contribution >= 0.6 is 0 Å². The highest BCUT2D eigenvalue weighted by Gasteiger charge is 2.77. The molecule has 110 heavy (non-hydrogen) atoms. The van der Waals surface area contributed by atoms with Crippen LogP contribution in [0.5, 0.6) is 0 Å². The number of esters is 4. The first-order valence-corrected chi connectivity index (χ1v) is 39.5. The summed E-state index contributed by atoms with van der Waals surface area (Å²) >= 11 is 0. The predicted octanol–water partition coefficient (Wildman–Crippen LogP) is 8.54. The van der Waals surface area contributed by atoms with Gasteiger partial charge in [0.25, 0.3) is 0 Å².